The fourth-order valence-corrected chi connectivity index (χ4v) is 4.72. The Kier molecular flexibility index (Phi) is 5.90. The number of nitrogens with zero attached hydrogens (tertiary/aromatic N) is 5. The second-order valence-electron chi connectivity index (χ2n) is 7.68. The molecular weight excluding hydrogens is 406 g/mol. The molecule has 162 valence electrons. The van der Waals surface area contributed by atoms with Gasteiger partial charge in [-0.2, -0.15) is 4.36 Å². The molecule has 0 aromatic carbocycles. The van der Waals surface area contributed by atoms with Crippen molar-refractivity contribution in [2.45, 2.75) is 25.1 Å². The van der Waals surface area contributed by atoms with Gasteiger partial charge in [0.05, 0.1) is 54.6 Å². The van der Waals surface area contributed by atoms with Crippen LogP contribution < -0.4 is 9.64 Å². The summed E-state index contributed by atoms with van der Waals surface area (Å²) in [7, 11) is -0.903. The van der Waals surface area contributed by atoms with Crippen molar-refractivity contribution in [3.63, 3.8) is 0 Å². The van der Waals surface area contributed by atoms with Gasteiger partial charge in [-0.05, 0) is 19.9 Å². The van der Waals surface area contributed by atoms with Gasteiger partial charge < -0.3 is 19.1 Å². The standard InChI is InChI=1S/C20H27N5O4S/c1-13-7-15(8-19(21-13)27-3)20-22-17(24-30(4,26)16-11-29-12-16)9-18(23-20)25-5-6-28-10-14(25)2/h7-9,14,16H,5-6,10-12H2,1-4H3/t14-,30?/m1/s1. The molecule has 2 fully saturated rings. The molecule has 1 unspecified atom stereocenters. The summed E-state index contributed by atoms with van der Waals surface area (Å²) in [6.45, 7) is 6.87. The van der Waals surface area contributed by atoms with Crippen molar-refractivity contribution in [2.75, 3.05) is 51.2 Å². The smallest absolute Gasteiger partial charge is 0.213 e. The van der Waals surface area contributed by atoms with Crippen molar-refractivity contribution in [2.24, 2.45) is 4.36 Å². The normalized spacial score (nSPS) is 21.6. The number of methoxy groups -OCH3 is 1. The highest BCUT2D eigenvalue weighted by molar-refractivity contribution is 7.93. The molecule has 2 aromatic heterocycles. The molecule has 2 aliphatic rings. The molecule has 9 nitrogen and oxygen atoms in total. The lowest BCUT2D eigenvalue weighted by Crippen LogP contribution is -2.44. The Morgan fingerprint density at radius 2 is 1.97 bits per heavy atom. The van der Waals surface area contributed by atoms with E-state index in [1.807, 2.05) is 13.0 Å². The van der Waals surface area contributed by atoms with E-state index in [-0.39, 0.29) is 11.3 Å². The molecule has 0 radical (unpaired) electrons. The van der Waals surface area contributed by atoms with Gasteiger partial charge in [0.2, 0.25) is 5.88 Å². The maximum atomic E-state index is 13.1. The summed E-state index contributed by atoms with van der Waals surface area (Å²) in [6.07, 6.45) is 1.67. The van der Waals surface area contributed by atoms with Crippen molar-refractivity contribution in [1.29, 1.82) is 0 Å². The van der Waals surface area contributed by atoms with Gasteiger partial charge in [0.25, 0.3) is 0 Å². The zero-order valence-electron chi connectivity index (χ0n) is 17.7. The van der Waals surface area contributed by atoms with Crippen LogP contribution >= 0.6 is 0 Å². The lowest BCUT2D eigenvalue weighted by Gasteiger charge is -2.34. The van der Waals surface area contributed by atoms with Gasteiger partial charge in [-0.15, -0.1) is 0 Å². The van der Waals surface area contributed by atoms with Crippen molar-refractivity contribution < 1.29 is 18.4 Å². The van der Waals surface area contributed by atoms with Crippen LogP contribution in [-0.2, 0) is 19.2 Å². The van der Waals surface area contributed by atoms with Crippen LogP contribution in [0, 0.1) is 6.92 Å². The first-order valence-corrected chi connectivity index (χ1v) is 11.9. The van der Waals surface area contributed by atoms with Gasteiger partial charge in [0.1, 0.15) is 5.82 Å². The summed E-state index contributed by atoms with van der Waals surface area (Å²) in [6, 6.07) is 5.66. The van der Waals surface area contributed by atoms with Crippen LogP contribution in [0.3, 0.4) is 0 Å². The largest absolute Gasteiger partial charge is 0.481 e. The van der Waals surface area contributed by atoms with E-state index in [0.717, 1.165) is 17.1 Å². The Morgan fingerprint density at radius 1 is 1.17 bits per heavy atom. The molecule has 0 bridgehead atoms. The number of hydrogen-bond donors (Lipinski definition) is 0. The van der Waals surface area contributed by atoms with Gasteiger partial charge in [0, 0.05) is 36.2 Å². The van der Waals surface area contributed by atoms with Crippen molar-refractivity contribution >= 4 is 21.4 Å². The van der Waals surface area contributed by atoms with E-state index >= 15 is 0 Å². The first-order valence-electron chi connectivity index (χ1n) is 9.91. The van der Waals surface area contributed by atoms with Crippen molar-refractivity contribution in [3.05, 3.63) is 23.9 Å². The lowest BCUT2D eigenvalue weighted by molar-refractivity contribution is 0.0431. The highest BCUT2D eigenvalue weighted by atomic mass is 32.2. The molecular formula is C20H27N5O4S. The molecule has 0 amide bonds. The van der Waals surface area contributed by atoms with Crippen LogP contribution in [0.4, 0.5) is 11.6 Å². The minimum atomic E-state index is -2.48. The molecule has 4 heterocycles. The Bertz CT molecular complexity index is 1050. The summed E-state index contributed by atoms with van der Waals surface area (Å²) in [5.74, 6) is 2.13. The molecule has 10 heteroatoms. The number of aromatic nitrogens is 3. The van der Waals surface area contributed by atoms with Crippen LogP contribution in [0.2, 0.25) is 0 Å². The predicted octanol–water partition coefficient (Wildman–Crippen LogP) is 2.21. The zero-order valence-corrected chi connectivity index (χ0v) is 18.5. The summed E-state index contributed by atoms with van der Waals surface area (Å²) in [5, 5.41) is -0.0788. The zero-order chi connectivity index (χ0) is 21.3. The number of pyridine rings is 1. The Hall–Kier alpha value is -2.30. The fourth-order valence-electron chi connectivity index (χ4n) is 3.41. The third kappa shape index (κ3) is 4.40. The summed E-state index contributed by atoms with van der Waals surface area (Å²) >= 11 is 0. The number of aryl methyl sites for hydroxylation is 1. The van der Waals surface area contributed by atoms with E-state index in [1.54, 1.807) is 25.5 Å². The first kappa shape index (κ1) is 21.0. The molecule has 2 atom stereocenters. The number of morpholine rings is 1. The minimum Gasteiger partial charge on any atom is -0.481 e. The van der Waals surface area contributed by atoms with E-state index in [0.29, 0.717) is 50.5 Å². The van der Waals surface area contributed by atoms with Gasteiger partial charge in [-0.25, -0.2) is 19.2 Å². The molecule has 2 saturated heterocycles. The third-order valence-electron chi connectivity index (χ3n) is 5.26. The predicted molar refractivity (Wildman–Crippen MR) is 115 cm³/mol. The van der Waals surface area contributed by atoms with Crippen LogP contribution in [0.25, 0.3) is 11.4 Å². The van der Waals surface area contributed by atoms with Crippen LogP contribution in [-0.4, -0.2) is 76.8 Å². The minimum absolute atomic E-state index is 0.0788. The summed E-state index contributed by atoms with van der Waals surface area (Å²) in [5.41, 5.74) is 1.57. The van der Waals surface area contributed by atoms with Crippen LogP contribution in [0.15, 0.2) is 22.6 Å². The van der Waals surface area contributed by atoms with Crippen molar-refractivity contribution in [1.82, 2.24) is 15.0 Å². The quantitative estimate of drug-likeness (QED) is 0.708. The topological polar surface area (TPSA) is 99.0 Å². The number of anilines is 1. The Morgan fingerprint density at radius 3 is 2.63 bits per heavy atom. The summed E-state index contributed by atoms with van der Waals surface area (Å²) in [4.78, 5) is 15.9. The molecule has 0 spiro atoms. The molecule has 0 aliphatic carbocycles. The van der Waals surface area contributed by atoms with E-state index in [1.165, 1.54) is 0 Å². The van der Waals surface area contributed by atoms with Gasteiger partial charge in [-0.1, -0.05) is 0 Å². The average Bonchev–Trinajstić information content (AvgIpc) is 2.65. The molecule has 4 rings (SSSR count). The second kappa shape index (κ2) is 8.44. The first-order chi connectivity index (χ1) is 14.4. The SMILES string of the molecule is COc1cc(-c2nc(N=S(C)(=O)C3COC3)cc(N3CCOC[C@H]3C)n2)cc(C)n1. The van der Waals surface area contributed by atoms with Gasteiger partial charge in [-0.3, -0.25) is 0 Å². The van der Waals surface area contributed by atoms with E-state index in [9.17, 15) is 4.21 Å². The fraction of sp³-hybridized carbons (Fsp3) is 0.550. The van der Waals surface area contributed by atoms with Gasteiger partial charge in [0.15, 0.2) is 11.6 Å². The number of rotatable bonds is 5. The molecule has 2 aromatic rings. The molecule has 2 aliphatic heterocycles. The van der Waals surface area contributed by atoms with Gasteiger partial charge >= 0.3 is 0 Å². The second-order valence-corrected chi connectivity index (χ2v) is 10.2. The van der Waals surface area contributed by atoms with E-state index in [4.69, 9.17) is 19.2 Å². The monoisotopic (exact) mass is 433 g/mol. The Balaban J connectivity index is 1.83. The highest BCUT2D eigenvalue weighted by Gasteiger charge is 2.28. The lowest BCUT2D eigenvalue weighted by atomic mass is 10.2. The molecule has 30 heavy (non-hydrogen) atoms. The maximum absolute atomic E-state index is 13.1. The molecule has 0 saturated carbocycles. The summed E-state index contributed by atoms with van der Waals surface area (Å²) < 4.78 is 33.7. The number of ether oxygens (including phenoxy) is 3. The molecule has 0 N–H and O–H groups in total. The highest BCUT2D eigenvalue weighted by Crippen LogP contribution is 2.29. The van der Waals surface area contributed by atoms with E-state index in [2.05, 4.69) is 26.2 Å². The Labute approximate surface area is 177 Å². The number of hydrogen-bond acceptors (Lipinski definition) is 9. The van der Waals surface area contributed by atoms with Crippen molar-refractivity contribution in [3.8, 4) is 17.3 Å². The average molecular weight is 434 g/mol. The third-order valence-corrected chi connectivity index (χ3v) is 7.32. The van der Waals surface area contributed by atoms with Crippen LogP contribution in [0.1, 0.15) is 12.6 Å². The maximum Gasteiger partial charge on any atom is 0.213 e. The van der Waals surface area contributed by atoms with E-state index < -0.39 is 9.73 Å². The van der Waals surface area contributed by atoms with Crippen LogP contribution in [0.5, 0.6) is 5.88 Å².